The average Bonchev–Trinajstić information content (AvgIpc) is 2.23. The molecule has 8 heteroatoms. The Balaban J connectivity index is 3.64. The van der Waals surface area contributed by atoms with Gasteiger partial charge < -0.3 is 4.43 Å². The highest BCUT2D eigenvalue weighted by Gasteiger charge is 2.19. The van der Waals surface area contributed by atoms with Crippen molar-refractivity contribution < 1.29 is 12.8 Å². The summed E-state index contributed by atoms with van der Waals surface area (Å²) in [4.78, 5) is 2.29. The van der Waals surface area contributed by atoms with Gasteiger partial charge in [-0.1, -0.05) is 19.3 Å². The maximum absolute atomic E-state index is 11.0. The second-order valence-electron chi connectivity index (χ2n) is 4.59. The second kappa shape index (κ2) is 7.70. The number of azide groups is 1. The standard InChI is InChI=1S/C9H21N3O3SSi/c1-15-17(2,3)9-7-5-4-6-8-16(13,14)12-11-10/h4-9H2,1-3H3. The van der Waals surface area contributed by atoms with Crippen molar-refractivity contribution in [2.45, 2.75) is 44.8 Å². The quantitative estimate of drug-likeness (QED) is 0.213. The van der Waals surface area contributed by atoms with Crippen LogP contribution in [0.2, 0.25) is 19.1 Å². The minimum absolute atomic E-state index is 0.0534. The minimum Gasteiger partial charge on any atom is -0.420 e. The van der Waals surface area contributed by atoms with E-state index in [0.29, 0.717) is 6.42 Å². The lowest BCUT2D eigenvalue weighted by molar-refractivity contribution is 0.401. The van der Waals surface area contributed by atoms with Crippen LogP contribution in [0.4, 0.5) is 0 Å². The van der Waals surface area contributed by atoms with E-state index in [2.05, 4.69) is 22.5 Å². The van der Waals surface area contributed by atoms with Gasteiger partial charge in [0.15, 0.2) is 8.32 Å². The van der Waals surface area contributed by atoms with Crippen molar-refractivity contribution in [3.8, 4) is 0 Å². The Kier molecular flexibility index (Phi) is 7.45. The van der Waals surface area contributed by atoms with Crippen LogP contribution < -0.4 is 0 Å². The van der Waals surface area contributed by atoms with E-state index in [0.717, 1.165) is 25.3 Å². The van der Waals surface area contributed by atoms with E-state index in [9.17, 15) is 8.42 Å². The fourth-order valence-electron chi connectivity index (χ4n) is 1.39. The van der Waals surface area contributed by atoms with Crippen LogP contribution in [0.15, 0.2) is 4.52 Å². The number of nitrogens with zero attached hydrogens (tertiary/aromatic N) is 3. The van der Waals surface area contributed by atoms with E-state index in [1.807, 2.05) is 0 Å². The summed E-state index contributed by atoms with van der Waals surface area (Å²) in [6.07, 6.45) is 3.45. The maximum atomic E-state index is 11.0. The van der Waals surface area contributed by atoms with Gasteiger partial charge in [0.05, 0.1) is 5.75 Å². The molecule has 0 fully saturated rings. The van der Waals surface area contributed by atoms with Crippen molar-refractivity contribution >= 4 is 18.3 Å². The fourth-order valence-corrected chi connectivity index (χ4v) is 3.45. The minimum atomic E-state index is -3.56. The van der Waals surface area contributed by atoms with E-state index in [-0.39, 0.29) is 5.75 Å². The third kappa shape index (κ3) is 9.17. The molecule has 0 saturated heterocycles. The topological polar surface area (TPSA) is 92.1 Å². The zero-order valence-electron chi connectivity index (χ0n) is 10.7. The van der Waals surface area contributed by atoms with E-state index in [1.54, 1.807) is 7.11 Å². The zero-order chi connectivity index (χ0) is 13.4. The average molecular weight is 279 g/mol. The molecule has 17 heavy (non-hydrogen) atoms. The first kappa shape index (κ1) is 16.4. The molecule has 0 amide bonds. The van der Waals surface area contributed by atoms with E-state index in [1.165, 1.54) is 0 Å². The van der Waals surface area contributed by atoms with Gasteiger partial charge in [0, 0.05) is 16.5 Å². The normalized spacial score (nSPS) is 12.2. The number of hydrogen-bond donors (Lipinski definition) is 0. The molecule has 0 saturated carbocycles. The summed E-state index contributed by atoms with van der Waals surface area (Å²) in [7, 11) is -3.28. The number of unbranched alkanes of at least 4 members (excludes halogenated alkanes) is 3. The van der Waals surface area contributed by atoms with Crippen LogP contribution in [0.3, 0.4) is 0 Å². The van der Waals surface area contributed by atoms with E-state index in [4.69, 9.17) is 9.96 Å². The molecule has 6 nitrogen and oxygen atoms in total. The highest BCUT2D eigenvalue weighted by atomic mass is 32.2. The first-order chi connectivity index (χ1) is 7.83. The molecule has 0 aromatic rings. The molecule has 0 aromatic carbocycles. The van der Waals surface area contributed by atoms with Gasteiger partial charge in [-0.3, -0.25) is 0 Å². The Labute approximate surface area is 104 Å². The summed E-state index contributed by atoms with van der Waals surface area (Å²) < 4.78 is 30.3. The third-order valence-electron chi connectivity index (χ3n) is 2.64. The Morgan fingerprint density at radius 3 is 2.35 bits per heavy atom. The monoisotopic (exact) mass is 279 g/mol. The van der Waals surface area contributed by atoms with E-state index < -0.39 is 18.3 Å². The summed E-state index contributed by atoms with van der Waals surface area (Å²) >= 11 is 0. The highest BCUT2D eigenvalue weighted by molar-refractivity contribution is 7.89. The molecule has 0 radical (unpaired) electrons. The van der Waals surface area contributed by atoms with Gasteiger partial charge in [-0.15, -0.1) is 0 Å². The molecule has 0 bridgehead atoms. The van der Waals surface area contributed by atoms with Crippen molar-refractivity contribution in [3.63, 3.8) is 0 Å². The SMILES string of the molecule is CO[Si](C)(C)CCCCCCS(=O)(=O)N=[N+]=[N-]. The van der Waals surface area contributed by atoms with Crippen LogP contribution in [0.25, 0.3) is 10.4 Å². The van der Waals surface area contributed by atoms with Gasteiger partial charge in [-0.25, -0.2) is 8.42 Å². The summed E-state index contributed by atoms with van der Waals surface area (Å²) in [5.74, 6) is -0.0534. The molecular weight excluding hydrogens is 258 g/mol. The van der Waals surface area contributed by atoms with Gasteiger partial charge in [0.1, 0.15) is 0 Å². The number of rotatable bonds is 9. The van der Waals surface area contributed by atoms with Gasteiger partial charge in [0.25, 0.3) is 0 Å². The third-order valence-corrected chi connectivity index (χ3v) is 6.43. The largest absolute Gasteiger partial charge is 0.420 e. The molecule has 0 unspecified atom stereocenters. The fraction of sp³-hybridized carbons (Fsp3) is 1.00. The Morgan fingerprint density at radius 1 is 1.24 bits per heavy atom. The van der Waals surface area contributed by atoms with Crippen molar-refractivity contribution in [2.75, 3.05) is 12.9 Å². The molecule has 0 atom stereocenters. The van der Waals surface area contributed by atoms with Crippen molar-refractivity contribution in [1.82, 2.24) is 0 Å². The van der Waals surface area contributed by atoms with Crippen LogP contribution in [-0.2, 0) is 14.4 Å². The molecule has 0 rings (SSSR count). The molecule has 0 spiro atoms. The van der Waals surface area contributed by atoms with Crippen LogP contribution in [0.5, 0.6) is 0 Å². The Morgan fingerprint density at radius 2 is 1.82 bits per heavy atom. The van der Waals surface area contributed by atoms with Gasteiger partial charge >= 0.3 is 0 Å². The first-order valence-corrected chi connectivity index (χ1v) is 10.4. The molecular formula is C9H21N3O3SSi. The summed E-state index contributed by atoms with van der Waals surface area (Å²) in [5.41, 5.74) is 8.03. The van der Waals surface area contributed by atoms with E-state index >= 15 is 0 Å². The molecule has 0 aliphatic carbocycles. The Hall–Kier alpha value is -0.563. The van der Waals surface area contributed by atoms with Crippen LogP contribution >= 0.6 is 0 Å². The van der Waals surface area contributed by atoms with Crippen molar-refractivity contribution in [3.05, 3.63) is 10.4 Å². The molecule has 100 valence electrons. The predicted molar refractivity (Wildman–Crippen MR) is 70.7 cm³/mol. The van der Waals surface area contributed by atoms with Gasteiger partial charge in [-0.05, 0) is 31.1 Å². The molecule has 0 N–H and O–H groups in total. The molecule has 0 aliphatic rings. The Bertz CT molecular complexity index is 364. The molecule has 0 heterocycles. The van der Waals surface area contributed by atoms with Crippen LogP contribution in [-0.4, -0.2) is 29.6 Å². The lowest BCUT2D eigenvalue weighted by Gasteiger charge is -2.19. The lowest BCUT2D eigenvalue weighted by atomic mass is 10.2. The summed E-state index contributed by atoms with van der Waals surface area (Å²) in [6, 6.07) is 1.09. The lowest BCUT2D eigenvalue weighted by Crippen LogP contribution is -2.27. The maximum Gasteiger partial charge on any atom is 0.235 e. The highest BCUT2D eigenvalue weighted by Crippen LogP contribution is 2.15. The molecule has 0 aromatic heterocycles. The smallest absolute Gasteiger partial charge is 0.235 e. The van der Waals surface area contributed by atoms with Crippen molar-refractivity contribution in [1.29, 1.82) is 0 Å². The number of hydrogen-bond acceptors (Lipinski definition) is 3. The molecule has 0 aliphatic heterocycles. The summed E-state index contributed by atoms with van der Waals surface area (Å²) in [5, 5.41) is 0. The second-order valence-corrected chi connectivity index (χ2v) is 10.7. The number of sulfonamides is 1. The summed E-state index contributed by atoms with van der Waals surface area (Å²) in [6.45, 7) is 4.33. The zero-order valence-corrected chi connectivity index (χ0v) is 12.5. The van der Waals surface area contributed by atoms with Gasteiger partial charge in [-0.2, -0.15) is 0 Å². The predicted octanol–water partition coefficient (Wildman–Crippen LogP) is 3.04. The van der Waals surface area contributed by atoms with Crippen LogP contribution in [0.1, 0.15) is 25.7 Å². The van der Waals surface area contributed by atoms with Crippen molar-refractivity contribution in [2.24, 2.45) is 4.52 Å². The van der Waals surface area contributed by atoms with Crippen LogP contribution in [0, 0.1) is 0 Å². The van der Waals surface area contributed by atoms with Gasteiger partial charge in [0.2, 0.25) is 10.0 Å². The first-order valence-electron chi connectivity index (χ1n) is 5.67.